The van der Waals surface area contributed by atoms with Crippen molar-refractivity contribution in [2.75, 3.05) is 0 Å². The summed E-state index contributed by atoms with van der Waals surface area (Å²) < 4.78 is 27.4. The van der Waals surface area contributed by atoms with Crippen molar-refractivity contribution in [2.24, 2.45) is 0 Å². The van der Waals surface area contributed by atoms with Crippen molar-refractivity contribution in [1.29, 1.82) is 0 Å². The van der Waals surface area contributed by atoms with Crippen LogP contribution in [0.3, 0.4) is 0 Å². The molecule has 1 aromatic carbocycles. The number of carbonyl (C=O) groups excluding carboxylic acids is 2. The van der Waals surface area contributed by atoms with Gasteiger partial charge in [-0.05, 0) is 23.8 Å². The van der Waals surface area contributed by atoms with Gasteiger partial charge in [0, 0.05) is 0 Å². The molecule has 0 saturated carbocycles. The zero-order chi connectivity index (χ0) is 18.6. The molecule has 0 bridgehead atoms. The molecule has 4 rings (SSSR count). The fraction of sp³-hybridized carbons (Fsp3) is 0.0556. The number of rotatable bonds is 2. The van der Waals surface area contributed by atoms with Gasteiger partial charge in [0.05, 0.1) is 23.9 Å². The van der Waals surface area contributed by atoms with E-state index in [0.29, 0.717) is 5.56 Å². The number of hydrogen-bond donors (Lipinski definition) is 2. The van der Waals surface area contributed by atoms with Gasteiger partial charge in [-0.15, -0.1) is 0 Å². The highest BCUT2D eigenvalue weighted by Gasteiger charge is 2.39. The SMILES string of the molecule is O=C1c2cc(F)cnc2C(=O)c2c1c(O)n(Cc1ccc(F)cc1)c2O. The summed E-state index contributed by atoms with van der Waals surface area (Å²) in [5, 5.41) is 20.8. The van der Waals surface area contributed by atoms with E-state index in [1.165, 1.54) is 24.3 Å². The number of pyridine rings is 1. The molecule has 2 aromatic heterocycles. The minimum atomic E-state index is -0.813. The van der Waals surface area contributed by atoms with Crippen LogP contribution < -0.4 is 0 Å². The quantitative estimate of drug-likeness (QED) is 0.575. The van der Waals surface area contributed by atoms with E-state index in [1.807, 2.05) is 0 Å². The van der Waals surface area contributed by atoms with Gasteiger partial charge in [-0.1, -0.05) is 12.1 Å². The van der Waals surface area contributed by atoms with E-state index in [-0.39, 0.29) is 23.4 Å². The fourth-order valence-corrected chi connectivity index (χ4v) is 2.99. The molecule has 0 fully saturated rings. The molecule has 130 valence electrons. The lowest BCUT2D eigenvalue weighted by Gasteiger charge is -2.12. The number of aromatic hydroxyl groups is 2. The van der Waals surface area contributed by atoms with Crippen LogP contribution >= 0.6 is 0 Å². The summed E-state index contributed by atoms with van der Waals surface area (Å²) in [4.78, 5) is 28.8. The summed E-state index contributed by atoms with van der Waals surface area (Å²) in [6, 6.07) is 6.13. The van der Waals surface area contributed by atoms with Gasteiger partial charge >= 0.3 is 0 Å². The van der Waals surface area contributed by atoms with Crippen LogP contribution in [0, 0.1) is 11.6 Å². The smallest absolute Gasteiger partial charge is 0.218 e. The lowest BCUT2D eigenvalue weighted by molar-refractivity contribution is 0.0972. The Hall–Kier alpha value is -3.55. The molecule has 0 aliphatic heterocycles. The highest BCUT2D eigenvalue weighted by molar-refractivity contribution is 6.29. The van der Waals surface area contributed by atoms with E-state index in [0.717, 1.165) is 16.8 Å². The van der Waals surface area contributed by atoms with Crippen LogP contribution in [0.4, 0.5) is 8.78 Å². The second kappa shape index (κ2) is 5.48. The number of fused-ring (bicyclic) bond motifs is 2. The summed E-state index contributed by atoms with van der Waals surface area (Å²) in [5.41, 5.74) is -0.850. The third kappa shape index (κ3) is 2.19. The maximum atomic E-state index is 13.4. The number of ketones is 2. The Kier molecular flexibility index (Phi) is 3.36. The number of carbonyl (C=O) groups is 2. The second-order valence-electron chi connectivity index (χ2n) is 5.82. The topological polar surface area (TPSA) is 92.4 Å². The van der Waals surface area contributed by atoms with E-state index < -0.39 is 40.5 Å². The summed E-state index contributed by atoms with van der Waals surface area (Å²) >= 11 is 0. The van der Waals surface area contributed by atoms with Gasteiger partial charge in [0.2, 0.25) is 23.3 Å². The minimum absolute atomic E-state index is 0.107. The Morgan fingerprint density at radius 3 is 2.19 bits per heavy atom. The van der Waals surface area contributed by atoms with Crippen molar-refractivity contribution in [3.63, 3.8) is 0 Å². The third-order valence-electron chi connectivity index (χ3n) is 4.23. The molecule has 1 aliphatic carbocycles. The molecule has 0 saturated heterocycles. The number of benzene rings is 1. The molecule has 3 aromatic rings. The molecular weight excluding hydrogens is 346 g/mol. The first-order valence-electron chi connectivity index (χ1n) is 7.52. The molecule has 2 heterocycles. The van der Waals surface area contributed by atoms with Crippen LogP contribution in [-0.4, -0.2) is 31.3 Å². The molecule has 26 heavy (non-hydrogen) atoms. The molecule has 0 radical (unpaired) electrons. The monoisotopic (exact) mass is 356 g/mol. The number of hydrogen-bond acceptors (Lipinski definition) is 5. The molecule has 0 spiro atoms. The first-order valence-corrected chi connectivity index (χ1v) is 7.52. The Bertz CT molecular complexity index is 1090. The van der Waals surface area contributed by atoms with E-state index in [4.69, 9.17) is 0 Å². The second-order valence-corrected chi connectivity index (χ2v) is 5.82. The Morgan fingerprint density at radius 2 is 1.54 bits per heavy atom. The first kappa shape index (κ1) is 15.9. The fourth-order valence-electron chi connectivity index (χ4n) is 2.99. The summed E-state index contributed by atoms with van der Waals surface area (Å²) in [7, 11) is 0. The van der Waals surface area contributed by atoms with Crippen molar-refractivity contribution in [1.82, 2.24) is 9.55 Å². The minimum Gasteiger partial charge on any atom is -0.494 e. The molecule has 0 amide bonds. The van der Waals surface area contributed by atoms with Crippen molar-refractivity contribution >= 4 is 11.6 Å². The molecular formula is C18H10F2N2O4. The van der Waals surface area contributed by atoms with Crippen LogP contribution in [0.15, 0.2) is 36.5 Å². The molecule has 1 aliphatic rings. The zero-order valence-electron chi connectivity index (χ0n) is 13.0. The predicted octanol–water partition coefficient (Wildman–Crippen LogP) is 2.40. The highest BCUT2D eigenvalue weighted by Crippen LogP contribution is 2.40. The van der Waals surface area contributed by atoms with Gasteiger partial charge in [-0.3, -0.25) is 14.2 Å². The standard InChI is InChI=1S/C18H10F2N2O4/c19-9-3-1-8(2-4-9)7-22-17(25)12-13(18(22)26)16(24)14-11(15(12)23)5-10(20)6-21-14/h1-6,25-26H,7H2. The average Bonchev–Trinajstić information content (AvgIpc) is 2.86. The largest absolute Gasteiger partial charge is 0.494 e. The van der Waals surface area contributed by atoms with Crippen LogP contribution in [0.1, 0.15) is 37.5 Å². The van der Waals surface area contributed by atoms with Gasteiger partial charge < -0.3 is 10.2 Å². The Balaban J connectivity index is 1.87. The van der Waals surface area contributed by atoms with Crippen LogP contribution in [0.2, 0.25) is 0 Å². The molecule has 8 heteroatoms. The van der Waals surface area contributed by atoms with Gasteiger partial charge in [0.1, 0.15) is 22.9 Å². The van der Waals surface area contributed by atoms with Crippen molar-refractivity contribution < 1.29 is 28.6 Å². The summed E-state index contributed by atoms with van der Waals surface area (Å²) in [6.45, 7) is -0.107. The van der Waals surface area contributed by atoms with Gasteiger partial charge in [-0.25, -0.2) is 13.8 Å². The normalized spacial score (nSPS) is 12.8. The van der Waals surface area contributed by atoms with Crippen LogP contribution in [-0.2, 0) is 6.54 Å². The number of halogens is 2. The zero-order valence-corrected chi connectivity index (χ0v) is 13.0. The van der Waals surface area contributed by atoms with Gasteiger partial charge in [0.15, 0.2) is 0 Å². The highest BCUT2D eigenvalue weighted by atomic mass is 19.1. The van der Waals surface area contributed by atoms with E-state index in [2.05, 4.69) is 4.98 Å². The van der Waals surface area contributed by atoms with Gasteiger partial charge in [-0.2, -0.15) is 0 Å². The predicted molar refractivity (Wildman–Crippen MR) is 84.3 cm³/mol. The molecule has 0 atom stereocenters. The Morgan fingerprint density at radius 1 is 0.923 bits per heavy atom. The maximum absolute atomic E-state index is 13.4. The average molecular weight is 356 g/mol. The van der Waals surface area contributed by atoms with Gasteiger partial charge in [0.25, 0.3) is 0 Å². The van der Waals surface area contributed by atoms with E-state index in [9.17, 15) is 28.6 Å². The number of aromatic nitrogens is 2. The van der Waals surface area contributed by atoms with Crippen molar-refractivity contribution in [3.8, 4) is 11.8 Å². The molecule has 2 N–H and O–H groups in total. The van der Waals surface area contributed by atoms with Crippen molar-refractivity contribution in [3.05, 3.63) is 76.1 Å². The Labute approximate surface area is 145 Å². The lowest BCUT2D eigenvalue weighted by Crippen LogP contribution is -2.21. The first-order chi connectivity index (χ1) is 12.4. The summed E-state index contributed by atoms with van der Waals surface area (Å²) in [6.07, 6.45) is 0.793. The van der Waals surface area contributed by atoms with E-state index >= 15 is 0 Å². The maximum Gasteiger partial charge on any atom is 0.218 e. The molecule has 6 nitrogen and oxygen atoms in total. The van der Waals surface area contributed by atoms with Crippen LogP contribution in [0.25, 0.3) is 0 Å². The lowest BCUT2D eigenvalue weighted by atomic mass is 9.89. The van der Waals surface area contributed by atoms with Crippen LogP contribution in [0.5, 0.6) is 11.8 Å². The molecule has 0 unspecified atom stereocenters. The third-order valence-corrected chi connectivity index (χ3v) is 4.23. The number of nitrogens with zero attached hydrogens (tertiary/aromatic N) is 2. The summed E-state index contributed by atoms with van der Waals surface area (Å²) in [5.74, 6) is -4.11. The van der Waals surface area contributed by atoms with Crippen molar-refractivity contribution in [2.45, 2.75) is 6.54 Å². The van der Waals surface area contributed by atoms with E-state index in [1.54, 1.807) is 0 Å².